The lowest BCUT2D eigenvalue weighted by Gasteiger charge is -2.36. The van der Waals surface area contributed by atoms with Crippen LogP contribution in [0.5, 0.6) is 0 Å². The molecule has 6 heteroatoms. The van der Waals surface area contributed by atoms with Crippen molar-refractivity contribution in [3.05, 3.63) is 0 Å². The van der Waals surface area contributed by atoms with Crippen LogP contribution >= 0.6 is 0 Å². The number of carbonyl (C=O) groups excluding carboxylic acids is 1. The average Bonchev–Trinajstić information content (AvgIpc) is 2.22. The van der Waals surface area contributed by atoms with Crippen LogP contribution in [0.15, 0.2) is 0 Å². The molecule has 0 bridgehead atoms. The van der Waals surface area contributed by atoms with Gasteiger partial charge in [-0.15, -0.1) is 0 Å². The van der Waals surface area contributed by atoms with Gasteiger partial charge in [-0.25, -0.2) is 4.79 Å². The van der Waals surface area contributed by atoms with Crippen LogP contribution in [0.1, 0.15) is 33.6 Å². The Kier molecular flexibility index (Phi) is 6.54. The van der Waals surface area contributed by atoms with Crippen LogP contribution in [-0.2, 0) is 9.47 Å². The van der Waals surface area contributed by atoms with Crippen LogP contribution in [0.2, 0.25) is 0 Å². The molecule has 112 valence electrons. The Balaban J connectivity index is 1.99. The van der Waals surface area contributed by atoms with Gasteiger partial charge in [-0.05, 0) is 33.6 Å². The molecular formula is C13H26N2O4. The van der Waals surface area contributed by atoms with Crippen molar-refractivity contribution in [1.82, 2.24) is 10.6 Å². The van der Waals surface area contributed by atoms with E-state index in [4.69, 9.17) is 14.6 Å². The molecule has 1 aliphatic carbocycles. The van der Waals surface area contributed by atoms with Crippen molar-refractivity contribution in [3.8, 4) is 0 Å². The normalized spacial score (nSPS) is 22.7. The fourth-order valence-electron chi connectivity index (χ4n) is 1.88. The van der Waals surface area contributed by atoms with Gasteiger partial charge in [0.2, 0.25) is 0 Å². The molecule has 1 amide bonds. The van der Waals surface area contributed by atoms with Crippen LogP contribution in [0, 0.1) is 0 Å². The highest BCUT2D eigenvalue weighted by Gasteiger charge is 2.30. The Morgan fingerprint density at radius 1 is 1.26 bits per heavy atom. The predicted octanol–water partition coefficient (Wildman–Crippen LogP) is 0.641. The number of hydrogen-bond acceptors (Lipinski definition) is 5. The van der Waals surface area contributed by atoms with Gasteiger partial charge in [-0.3, -0.25) is 0 Å². The van der Waals surface area contributed by atoms with E-state index < -0.39 is 5.60 Å². The van der Waals surface area contributed by atoms with Crippen LogP contribution in [0.4, 0.5) is 4.79 Å². The second-order valence-electron chi connectivity index (χ2n) is 5.80. The quantitative estimate of drug-likeness (QED) is 0.594. The van der Waals surface area contributed by atoms with Gasteiger partial charge >= 0.3 is 6.09 Å². The first-order valence-electron chi connectivity index (χ1n) is 6.82. The zero-order valence-electron chi connectivity index (χ0n) is 12.1. The zero-order chi connectivity index (χ0) is 14.3. The maximum atomic E-state index is 11.5. The molecule has 19 heavy (non-hydrogen) atoms. The second kappa shape index (κ2) is 7.67. The average molecular weight is 274 g/mol. The number of aliphatic hydroxyl groups is 1. The summed E-state index contributed by atoms with van der Waals surface area (Å²) in [5.41, 5.74) is -0.449. The lowest BCUT2D eigenvalue weighted by molar-refractivity contribution is 0.0460. The molecule has 1 rings (SSSR count). The lowest BCUT2D eigenvalue weighted by atomic mass is 9.87. The highest BCUT2D eigenvalue weighted by atomic mass is 16.6. The minimum atomic E-state index is -0.449. The fourth-order valence-corrected chi connectivity index (χ4v) is 1.88. The third-order valence-corrected chi connectivity index (χ3v) is 2.77. The molecule has 1 fully saturated rings. The monoisotopic (exact) mass is 274 g/mol. The molecule has 0 unspecified atom stereocenters. The molecule has 0 radical (unpaired) electrons. The molecule has 3 N–H and O–H groups in total. The van der Waals surface area contributed by atoms with Gasteiger partial charge in [-0.1, -0.05) is 0 Å². The number of hydrogen-bond donors (Lipinski definition) is 3. The largest absolute Gasteiger partial charge is 0.444 e. The van der Waals surface area contributed by atoms with E-state index >= 15 is 0 Å². The van der Waals surface area contributed by atoms with Crippen molar-refractivity contribution in [3.63, 3.8) is 0 Å². The molecule has 0 aromatic carbocycles. The minimum absolute atomic E-state index is 0.0608. The molecule has 0 atom stereocenters. The zero-order valence-corrected chi connectivity index (χ0v) is 12.1. The standard InChI is InChI=1S/C13H26N2O4/c1-13(2,3)19-12(17)15-11-8-10(9-11)14-4-6-18-7-5-16/h10-11,14,16H,4-9H2,1-3H3,(H,15,17). The van der Waals surface area contributed by atoms with E-state index in [1.165, 1.54) is 0 Å². The first-order chi connectivity index (χ1) is 8.90. The van der Waals surface area contributed by atoms with Crippen molar-refractivity contribution in [1.29, 1.82) is 0 Å². The fraction of sp³-hybridized carbons (Fsp3) is 0.923. The summed E-state index contributed by atoms with van der Waals surface area (Å²) < 4.78 is 10.3. The summed E-state index contributed by atoms with van der Waals surface area (Å²) in [7, 11) is 0. The summed E-state index contributed by atoms with van der Waals surface area (Å²) in [5, 5.41) is 14.7. The number of carbonyl (C=O) groups is 1. The van der Waals surface area contributed by atoms with Gasteiger partial charge in [0.25, 0.3) is 0 Å². The van der Waals surface area contributed by atoms with Crippen molar-refractivity contribution >= 4 is 6.09 Å². The molecule has 1 aliphatic rings. The van der Waals surface area contributed by atoms with Gasteiger partial charge in [0.15, 0.2) is 0 Å². The maximum Gasteiger partial charge on any atom is 0.407 e. The number of alkyl carbamates (subject to hydrolysis) is 1. The molecule has 0 spiro atoms. The summed E-state index contributed by atoms with van der Waals surface area (Å²) in [6.07, 6.45) is 1.49. The van der Waals surface area contributed by atoms with E-state index in [0.717, 1.165) is 19.4 Å². The summed E-state index contributed by atoms with van der Waals surface area (Å²) in [6, 6.07) is 0.628. The summed E-state index contributed by atoms with van der Waals surface area (Å²) in [5.74, 6) is 0. The van der Waals surface area contributed by atoms with E-state index in [1.54, 1.807) is 0 Å². The van der Waals surface area contributed by atoms with Gasteiger partial charge in [0, 0.05) is 18.6 Å². The van der Waals surface area contributed by atoms with Gasteiger partial charge < -0.3 is 25.2 Å². The Labute approximate surface area is 114 Å². The Hall–Kier alpha value is -0.850. The molecule has 0 aromatic rings. The third-order valence-electron chi connectivity index (χ3n) is 2.77. The van der Waals surface area contributed by atoms with Gasteiger partial charge in [-0.2, -0.15) is 0 Å². The first-order valence-corrected chi connectivity index (χ1v) is 6.82. The highest BCUT2D eigenvalue weighted by molar-refractivity contribution is 5.68. The molecule has 1 saturated carbocycles. The van der Waals surface area contributed by atoms with Gasteiger partial charge in [0.1, 0.15) is 5.60 Å². The number of amides is 1. The summed E-state index contributed by atoms with van der Waals surface area (Å²) in [4.78, 5) is 11.5. The molecule has 0 aromatic heterocycles. The van der Waals surface area contributed by atoms with Crippen LogP contribution in [0.25, 0.3) is 0 Å². The summed E-state index contributed by atoms with van der Waals surface area (Å²) >= 11 is 0. The van der Waals surface area contributed by atoms with Gasteiger partial charge in [0.05, 0.1) is 19.8 Å². The van der Waals surface area contributed by atoms with Crippen molar-refractivity contribution in [2.45, 2.75) is 51.3 Å². The minimum Gasteiger partial charge on any atom is -0.444 e. The molecule has 0 saturated heterocycles. The summed E-state index contributed by atoms with van der Waals surface area (Å²) in [6.45, 7) is 7.36. The number of ether oxygens (including phenoxy) is 2. The number of aliphatic hydroxyl groups excluding tert-OH is 1. The smallest absolute Gasteiger partial charge is 0.407 e. The second-order valence-corrected chi connectivity index (χ2v) is 5.80. The molecule has 6 nitrogen and oxygen atoms in total. The molecular weight excluding hydrogens is 248 g/mol. The van der Waals surface area contributed by atoms with E-state index in [9.17, 15) is 4.79 Å². The van der Waals surface area contributed by atoms with Crippen LogP contribution in [0.3, 0.4) is 0 Å². The SMILES string of the molecule is CC(C)(C)OC(=O)NC1CC(NCCOCCO)C1. The van der Waals surface area contributed by atoms with E-state index in [1.807, 2.05) is 20.8 Å². The van der Waals surface area contributed by atoms with Crippen molar-refractivity contribution in [2.75, 3.05) is 26.4 Å². The third kappa shape index (κ3) is 7.34. The van der Waals surface area contributed by atoms with Crippen molar-refractivity contribution in [2.24, 2.45) is 0 Å². The lowest BCUT2D eigenvalue weighted by Crippen LogP contribution is -2.53. The number of nitrogens with one attached hydrogen (secondary N) is 2. The Morgan fingerprint density at radius 2 is 1.95 bits per heavy atom. The predicted molar refractivity (Wildman–Crippen MR) is 72.1 cm³/mol. The van der Waals surface area contributed by atoms with Crippen LogP contribution < -0.4 is 10.6 Å². The Bertz CT molecular complexity index is 272. The highest BCUT2D eigenvalue weighted by Crippen LogP contribution is 2.20. The first kappa shape index (κ1) is 16.2. The molecule has 0 heterocycles. The van der Waals surface area contributed by atoms with E-state index in [0.29, 0.717) is 19.3 Å². The topological polar surface area (TPSA) is 79.8 Å². The maximum absolute atomic E-state index is 11.5. The molecule has 0 aliphatic heterocycles. The van der Waals surface area contributed by atoms with E-state index in [2.05, 4.69) is 10.6 Å². The van der Waals surface area contributed by atoms with Crippen LogP contribution in [-0.4, -0.2) is 55.2 Å². The Morgan fingerprint density at radius 3 is 2.53 bits per heavy atom. The van der Waals surface area contributed by atoms with E-state index in [-0.39, 0.29) is 18.7 Å². The van der Waals surface area contributed by atoms with Crippen molar-refractivity contribution < 1.29 is 19.4 Å². The number of rotatable bonds is 7.